The Bertz CT molecular complexity index is 409. The molecule has 2 fully saturated rings. The molecule has 0 bridgehead atoms. The van der Waals surface area contributed by atoms with Gasteiger partial charge in [-0.3, -0.25) is 9.59 Å². The summed E-state index contributed by atoms with van der Waals surface area (Å²) in [4.78, 5) is 24.6. The van der Waals surface area contributed by atoms with Crippen molar-refractivity contribution in [1.82, 2.24) is 0 Å². The molecule has 0 unspecified atom stereocenters. The third kappa shape index (κ3) is 6.42. The van der Waals surface area contributed by atoms with E-state index >= 15 is 0 Å². The molecule has 0 amide bonds. The minimum Gasteiger partial charge on any atom is -0.465 e. The number of ether oxygens (including phenoxy) is 1. The van der Waals surface area contributed by atoms with Gasteiger partial charge in [-0.15, -0.1) is 0 Å². The molecule has 2 atom stereocenters. The van der Waals surface area contributed by atoms with Crippen molar-refractivity contribution in [3.8, 4) is 0 Å². The van der Waals surface area contributed by atoms with Gasteiger partial charge in [0.2, 0.25) is 0 Å². The fourth-order valence-corrected chi connectivity index (χ4v) is 4.76. The number of esters is 1. The number of unbranched alkanes of at least 4 members (excludes halogenated alkanes) is 3. The van der Waals surface area contributed by atoms with E-state index in [1.165, 1.54) is 44.9 Å². The van der Waals surface area contributed by atoms with E-state index in [1.54, 1.807) is 0 Å². The van der Waals surface area contributed by atoms with Crippen LogP contribution in [0.1, 0.15) is 97.3 Å². The lowest BCUT2D eigenvalue weighted by molar-refractivity contribution is -0.154. The number of rotatable bonds is 9. The zero-order valence-electron chi connectivity index (χ0n) is 16.4. The summed E-state index contributed by atoms with van der Waals surface area (Å²) in [7, 11) is 0. The van der Waals surface area contributed by atoms with E-state index in [-0.39, 0.29) is 11.8 Å². The SMILES string of the molecule is CCCCCOC(=O)[C@@H]1CC[C@@H](C2CCC(CCCC)CC2)CC1=O. The molecule has 3 heteroatoms. The first-order valence-corrected chi connectivity index (χ1v) is 10.8. The Morgan fingerprint density at radius 2 is 1.60 bits per heavy atom. The van der Waals surface area contributed by atoms with Crippen LogP contribution in [0.3, 0.4) is 0 Å². The lowest BCUT2D eigenvalue weighted by Crippen LogP contribution is -2.35. The fraction of sp³-hybridized carbons (Fsp3) is 0.909. The third-order valence-electron chi connectivity index (χ3n) is 6.48. The lowest BCUT2D eigenvalue weighted by Gasteiger charge is -2.36. The molecular formula is C22H38O3. The highest BCUT2D eigenvalue weighted by Gasteiger charge is 2.38. The summed E-state index contributed by atoms with van der Waals surface area (Å²) in [6, 6.07) is 0. The first kappa shape index (κ1) is 20.5. The smallest absolute Gasteiger partial charge is 0.316 e. The van der Waals surface area contributed by atoms with Gasteiger partial charge in [0.25, 0.3) is 0 Å². The molecule has 144 valence electrons. The largest absolute Gasteiger partial charge is 0.465 e. The van der Waals surface area contributed by atoms with Gasteiger partial charge in [-0.2, -0.15) is 0 Å². The Labute approximate surface area is 154 Å². The van der Waals surface area contributed by atoms with Crippen molar-refractivity contribution in [2.75, 3.05) is 6.61 Å². The molecule has 2 rings (SSSR count). The van der Waals surface area contributed by atoms with Gasteiger partial charge in [-0.25, -0.2) is 0 Å². The maximum Gasteiger partial charge on any atom is 0.316 e. The van der Waals surface area contributed by atoms with Crippen molar-refractivity contribution in [3.05, 3.63) is 0 Å². The van der Waals surface area contributed by atoms with Crippen molar-refractivity contribution in [3.63, 3.8) is 0 Å². The third-order valence-corrected chi connectivity index (χ3v) is 6.48. The highest BCUT2D eigenvalue weighted by atomic mass is 16.5. The van der Waals surface area contributed by atoms with Crippen LogP contribution < -0.4 is 0 Å². The van der Waals surface area contributed by atoms with Crippen LogP contribution >= 0.6 is 0 Å². The van der Waals surface area contributed by atoms with E-state index in [9.17, 15) is 9.59 Å². The quantitative estimate of drug-likeness (QED) is 0.304. The fourth-order valence-electron chi connectivity index (χ4n) is 4.76. The summed E-state index contributed by atoms with van der Waals surface area (Å²) in [6.07, 6.45) is 14.8. The molecule has 0 aromatic rings. The molecule has 2 saturated carbocycles. The minimum atomic E-state index is -0.473. The van der Waals surface area contributed by atoms with Crippen LogP contribution in [-0.2, 0) is 14.3 Å². The second kappa shape index (κ2) is 11.0. The van der Waals surface area contributed by atoms with Gasteiger partial charge in [0.05, 0.1) is 6.61 Å². The van der Waals surface area contributed by atoms with Crippen molar-refractivity contribution < 1.29 is 14.3 Å². The predicted octanol–water partition coefficient (Wildman–Crippen LogP) is 5.70. The van der Waals surface area contributed by atoms with E-state index in [4.69, 9.17) is 4.74 Å². The molecule has 3 nitrogen and oxygen atoms in total. The Morgan fingerprint density at radius 3 is 2.24 bits per heavy atom. The number of hydrogen-bond donors (Lipinski definition) is 0. The number of hydrogen-bond acceptors (Lipinski definition) is 3. The van der Waals surface area contributed by atoms with E-state index in [0.717, 1.165) is 31.6 Å². The molecule has 2 aliphatic carbocycles. The predicted molar refractivity (Wildman–Crippen MR) is 101 cm³/mol. The van der Waals surface area contributed by atoms with Gasteiger partial charge < -0.3 is 4.74 Å². The van der Waals surface area contributed by atoms with Gasteiger partial charge in [0.15, 0.2) is 0 Å². The summed E-state index contributed by atoms with van der Waals surface area (Å²) in [5.74, 6) is 1.56. The van der Waals surface area contributed by atoms with Gasteiger partial charge in [0, 0.05) is 6.42 Å². The topological polar surface area (TPSA) is 43.4 Å². The summed E-state index contributed by atoms with van der Waals surface area (Å²) < 4.78 is 5.33. The molecule has 0 aromatic heterocycles. The van der Waals surface area contributed by atoms with Gasteiger partial charge in [-0.05, 0) is 49.9 Å². The van der Waals surface area contributed by atoms with Gasteiger partial charge >= 0.3 is 5.97 Å². The second-order valence-electron chi connectivity index (χ2n) is 8.36. The van der Waals surface area contributed by atoms with E-state index in [2.05, 4.69) is 13.8 Å². The monoisotopic (exact) mass is 350 g/mol. The average molecular weight is 351 g/mol. The highest BCUT2D eigenvalue weighted by molar-refractivity contribution is 5.99. The minimum absolute atomic E-state index is 0.143. The molecule has 0 aliphatic heterocycles. The van der Waals surface area contributed by atoms with Gasteiger partial charge in [-0.1, -0.05) is 58.8 Å². The second-order valence-corrected chi connectivity index (χ2v) is 8.36. The molecule has 0 aromatic carbocycles. The molecule has 0 N–H and O–H groups in total. The van der Waals surface area contributed by atoms with Crippen molar-refractivity contribution in [2.45, 2.75) is 97.3 Å². The number of Topliss-reactive ketones (excluding diaryl/α,β-unsaturated/α-hetero) is 1. The van der Waals surface area contributed by atoms with Crippen LogP contribution in [0.25, 0.3) is 0 Å². The first-order chi connectivity index (χ1) is 12.2. The van der Waals surface area contributed by atoms with Crippen molar-refractivity contribution >= 4 is 11.8 Å². The maximum absolute atomic E-state index is 12.5. The highest BCUT2D eigenvalue weighted by Crippen LogP contribution is 2.41. The van der Waals surface area contributed by atoms with Crippen molar-refractivity contribution in [2.24, 2.45) is 23.7 Å². The molecule has 0 spiro atoms. The number of carbonyl (C=O) groups is 2. The molecule has 0 radical (unpaired) electrons. The van der Waals surface area contributed by atoms with Crippen LogP contribution in [0, 0.1) is 23.7 Å². The number of carbonyl (C=O) groups excluding carboxylic acids is 2. The van der Waals surface area contributed by atoms with E-state index in [1.807, 2.05) is 0 Å². The standard InChI is InChI=1S/C22H38O3/c1-3-5-7-15-25-22(24)20-14-13-19(16-21(20)23)18-11-9-17(10-12-18)8-6-4-2/h17-20H,3-16H2,1-2H3/t17?,18?,19-,20-/m1/s1. The van der Waals surface area contributed by atoms with E-state index < -0.39 is 5.92 Å². The van der Waals surface area contributed by atoms with Gasteiger partial charge in [0.1, 0.15) is 11.7 Å². The van der Waals surface area contributed by atoms with E-state index in [0.29, 0.717) is 31.3 Å². The summed E-state index contributed by atoms with van der Waals surface area (Å²) in [6.45, 7) is 4.87. The number of ketones is 1. The zero-order chi connectivity index (χ0) is 18.1. The maximum atomic E-state index is 12.5. The Kier molecular flexibility index (Phi) is 8.98. The summed E-state index contributed by atoms with van der Waals surface area (Å²) in [5, 5.41) is 0. The van der Waals surface area contributed by atoms with Crippen LogP contribution in [-0.4, -0.2) is 18.4 Å². The Balaban J connectivity index is 1.70. The van der Waals surface area contributed by atoms with Crippen LogP contribution in [0.15, 0.2) is 0 Å². The van der Waals surface area contributed by atoms with Crippen molar-refractivity contribution in [1.29, 1.82) is 0 Å². The normalized spacial score (nSPS) is 30.2. The van der Waals surface area contributed by atoms with Crippen LogP contribution in [0.2, 0.25) is 0 Å². The lowest BCUT2D eigenvalue weighted by atomic mass is 9.68. The van der Waals surface area contributed by atoms with Crippen LogP contribution in [0.4, 0.5) is 0 Å². The first-order valence-electron chi connectivity index (χ1n) is 10.8. The molecule has 25 heavy (non-hydrogen) atoms. The molecule has 0 saturated heterocycles. The molecule has 2 aliphatic rings. The Morgan fingerprint density at radius 1 is 0.920 bits per heavy atom. The summed E-state index contributed by atoms with van der Waals surface area (Å²) >= 11 is 0. The average Bonchev–Trinajstić information content (AvgIpc) is 2.63. The zero-order valence-corrected chi connectivity index (χ0v) is 16.4. The summed E-state index contributed by atoms with van der Waals surface area (Å²) in [5.41, 5.74) is 0. The molecular weight excluding hydrogens is 312 g/mol. The van der Waals surface area contributed by atoms with Crippen LogP contribution in [0.5, 0.6) is 0 Å². The Hall–Kier alpha value is -0.860. The molecule has 0 heterocycles.